The van der Waals surface area contributed by atoms with Crippen LogP contribution in [0, 0.1) is 0 Å². The Labute approximate surface area is 207 Å². The molecule has 5 rings (SSSR count). The van der Waals surface area contributed by atoms with Gasteiger partial charge in [0.2, 0.25) is 10.0 Å². The van der Waals surface area contributed by atoms with Gasteiger partial charge in [-0.15, -0.1) is 0 Å². The average Bonchev–Trinajstić information content (AvgIpc) is 3.51. The van der Waals surface area contributed by atoms with E-state index in [2.05, 4.69) is 9.88 Å². The molecule has 0 saturated heterocycles. The number of carbonyl (C=O) groups excluding carboxylic acids is 1. The number of nitrogens with zero attached hydrogens (tertiary/aromatic N) is 2. The van der Waals surface area contributed by atoms with Crippen LogP contribution >= 0.6 is 0 Å². The third-order valence-corrected chi connectivity index (χ3v) is 7.38. The SMILES string of the molecule is NS(=O)(=O)c1ccc(NC(=O)c2cccc(-c3nc4cc(C(=O)O)ccc4n3C3CCCC3)c2)cc1. The second-order valence-electron chi connectivity index (χ2n) is 8.86. The van der Waals surface area contributed by atoms with E-state index < -0.39 is 16.0 Å². The molecule has 1 heterocycles. The van der Waals surface area contributed by atoms with E-state index in [-0.39, 0.29) is 22.4 Å². The molecule has 0 bridgehead atoms. The summed E-state index contributed by atoms with van der Waals surface area (Å²) in [4.78, 5) is 29.2. The molecular formula is C26H24N4O5S. The maximum Gasteiger partial charge on any atom is 0.335 e. The number of rotatable bonds is 6. The minimum absolute atomic E-state index is 0.0423. The van der Waals surface area contributed by atoms with Crippen molar-refractivity contribution in [1.82, 2.24) is 9.55 Å². The molecule has 184 valence electrons. The van der Waals surface area contributed by atoms with E-state index >= 15 is 0 Å². The summed E-state index contributed by atoms with van der Waals surface area (Å²) in [6.45, 7) is 0. The quantitative estimate of drug-likeness (QED) is 0.355. The van der Waals surface area contributed by atoms with Crippen LogP contribution in [-0.4, -0.2) is 35.0 Å². The Kier molecular flexibility index (Phi) is 6.07. The van der Waals surface area contributed by atoms with Crippen LogP contribution in [-0.2, 0) is 10.0 Å². The molecular weight excluding hydrogens is 480 g/mol. The van der Waals surface area contributed by atoms with Gasteiger partial charge in [-0.2, -0.15) is 0 Å². The topological polar surface area (TPSA) is 144 Å². The number of anilines is 1. The standard InChI is InChI=1S/C26H24N4O5S/c27-36(34,35)21-11-9-19(10-12-21)28-25(31)17-5-3-4-16(14-17)24-29-22-15-18(26(32)33)8-13-23(22)30(24)20-6-1-2-7-20/h3-5,8-15,20H,1-2,6-7H2,(H,28,31)(H,32,33)(H2,27,34,35). The number of benzene rings is 3. The van der Waals surface area contributed by atoms with Crippen molar-refractivity contribution in [2.75, 3.05) is 5.32 Å². The highest BCUT2D eigenvalue weighted by atomic mass is 32.2. The zero-order valence-electron chi connectivity index (χ0n) is 19.2. The van der Waals surface area contributed by atoms with Crippen LogP contribution in [0.3, 0.4) is 0 Å². The predicted octanol–water partition coefficient (Wildman–Crippen LogP) is 4.42. The fraction of sp³-hybridized carbons (Fsp3) is 0.192. The number of carboxylic acid groups (broad SMARTS) is 1. The van der Waals surface area contributed by atoms with Gasteiger partial charge in [0, 0.05) is 22.9 Å². The molecule has 0 spiro atoms. The van der Waals surface area contributed by atoms with Gasteiger partial charge < -0.3 is 15.0 Å². The summed E-state index contributed by atoms with van der Waals surface area (Å²) in [6.07, 6.45) is 4.25. The van der Waals surface area contributed by atoms with Gasteiger partial charge in [0.05, 0.1) is 21.5 Å². The van der Waals surface area contributed by atoms with Gasteiger partial charge in [0.15, 0.2) is 0 Å². The van der Waals surface area contributed by atoms with Gasteiger partial charge >= 0.3 is 5.97 Å². The smallest absolute Gasteiger partial charge is 0.335 e. The van der Waals surface area contributed by atoms with Crippen molar-refractivity contribution in [1.29, 1.82) is 0 Å². The van der Waals surface area contributed by atoms with Crippen LogP contribution in [0.1, 0.15) is 52.4 Å². The number of carbonyl (C=O) groups is 2. The fourth-order valence-corrected chi connectivity index (χ4v) is 5.21. The van der Waals surface area contributed by atoms with Gasteiger partial charge in [-0.3, -0.25) is 4.79 Å². The van der Waals surface area contributed by atoms with Crippen LogP contribution in [0.5, 0.6) is 0 Å². The summed E-state index contributed by atoms with van der Waals surface area (Å²) < 4.78 is 25.1. The molecule has 1 amide bonds. The summed E-state index contributed by atoms with van der Waals surface area (Å²) in [6, 6.07) is 17.9. The third-order valence-electron chi connectivity index (χ3n) is 6.45. The summed E-state index contributed by atoms with van der Waals surface area (Å²) in [5.41, 5.74) is 3.21. The maximum atomic E-state index is 13.0. The highest BCUT2D eigenvalue weighted by Crippen LogP contribution is 2.37. The number of nitrogens with two attached hydrogens (primary N) is 1. The second-order valence-corrected chi connectivity index (χ2v) is 10.4. The number of nitrogens with one attached hydrogen (secondary N) is 1. The Hall–Kier alpha value is -4.02. The second kappa shape index (κ2) is 9.21. The number of carboxylic acids is 1. The van der Waals surface area contributed by atoms with Crippen molar-refractivity contribution in [2.24, 2.45) is 5.14 Å². The van der Waals surface area contributed by atoms with Gasteiger partial charge in [0.1, 0.15) is 5.82 Å². The molecule has 1 aromatic heterocycles. The number of amides is 1. The van der Waals surface area contributed by atoms with Crippen LogP contribution in [0.4, 0.5) is 5.69 Å². The first-order valence-corrected chi connectivity index (χ1v) is 13.1. The van der Waals surface area contributed by atoms with Gasteiger partial charge in [-0.25, -0.2) is 23.3 Å². The number of sulfonamides is 1. The van der Waals surface area contributed by atoms with Gasteiger partial charge in [-0.05, 0) is 67.4 Å². The number of imidazole rings is 1. The molecule has 36 heavy (non-hydrogen) atoms. The minimum atomic E-state index is -3.82. The number of primary sulfonamides is 1. The molecule has 0 unspecified atom stereocenters. The number of hydrogen-bond acceptors (Lipinski definition) is 5. The van der Waals surface area contributed by atoms with Crippen LogP contribution in [0.25, 0.3) is 22.4 Å². The average molecular weight is 505 g/mol. The molecule has 0 atom stereocenters. The van der Waals surface area contributed by atoms with Gasteiger partial charge in [-0.1, -0.05) is 25.0 Å². The monoisotopic (exact) mass is 504 g/mol. The summed E-state index contributed by atoms with van der Waals surface area (Å²) in [5.74, 6) is -0.687. The highest BCUT2D eigenvalue weighted by molar-refractivity contribution is 7.89. The van der Waals surface area contributed by atoms with Crippen LogP contribution in [0.2, 0.25) is 0 Å². The lowest BCUT2D eigenvalue weighted by molar-refractivity contribution is 0.0696. The van der Waals surface area contributed by atoms with Crippen LogP contribution in [0.15, 0.2) is 71.6 Å². The first-order chi connectivity index (χ1) is 17.2. The lowest BCUT2D eigenvalue weighted by Crippen LogP contribution is -2.14. The van der Waals surface area contributed by atoms with Gasteiger partial charge in [0.25, 0.3) is 5.91 Å². The number of aromatic carboxylic acids is 1. The lowest BCUT2D eigenvalue weighted by Gasteiger charge is -2.17. The van der Waals surface area contributed by atoms with E-state index in [0.717, 1.165) is 36.8 Å². The van der Waals surface area contributed by atoms with Crippen molar-refractivity contribution in [2.45, 2.75) is 36.6 Å². The molecule has 1 aliphatic rings. The molecule has 4 aromatic rings. The number of fused-ring (bicyclic) bond motifs is 1. The zero-order chi connectivity index (χ0) is 25.4. The molecule has 10 heteroatoms. The first kappa shape index (κ1) is 23.7. The minimum Gasteiger partial charge on any atom is -0.478 e. The van der Waals surface area contributed by atoms with E-state index in [1.54, 1.807) is 36.4 Å². The van der Waals surface area contributed by atoms with Crippen molar-refractivity contribution < 1.29 is 23.1 Å². The molecule has 0 radical (unpaired) electrons. The van der Waals surface area contributed by atoms with Crippen molar-refractivity contribution in [3.8, 4) is 11.4 Å². The molecule has 4 N–H and O–H groups in total. The normalized spacial score (nSPS) is 14.2. The van der Waals surface area contributed by atoms with E-state index in [4.69, 9.17) is 10.1 Å². The van der Waals surface area contributed by atoms with E-state index in [1.165, 1.54) is 24.3 Å². The zero-order valence-corrected chi connectivity index (χ0v) is 20.0. The molecule has 1 aliphatic carbocycles. The van der Waals surface area contributed by atoms with E-state index in [9.17, 15) is 23.1 Å². The summed E-state index contributed by atoms with van der Waals surface area (Å²) in [7, 11) is -3.82. The first-order valence-electron chi connectivity index (χ1n) is 11.5. The number of hydrogen-bond donors (Lipinski definition) is 3. The largest absolute Gasteiger partial charge is 0.478 e. The lowest BCUT2D eigenvalue weighted by atomic mass is 10.1. The Morgan fingerprint density at radius 2 is 1.69 bits per heavy atom. The van der Waals surface area contributed by atoms with E-state index in [1.807, 2.05) is 6.07 Å². The third kappa shape index (κ3) is 4.60. The molecule has 1 saturated carbocycles. The summed E-state index contributed by atoms with van der Waals surface area (Å²) in [5, 5.41) is 17.3. The van der Waals surface area contributed by atoms with Crippen molar-refractivity contribution >= 4 is 38.6 Å². The Morgan fingerprint density at radius 1 is 0.972 bits per heavy atom. The molecule has 9 nitrogen and oxygen atoms in total. The molecule has 3 aromatic carbocycles. The Morgan fingerprint density at radius 3 is 2.36 bits per heavy atom. The van der Waals surface area contributed by atoms with Crippen LogP contribution < -0.4 is 10.5 Å². The Bertz CT molecular complexity index is 1590. The maximum absolute atomic E-state index is 13.0. The predicted molar refractivity (Wildman–Crippen MR) is 135 cm³/mol. The summed E-state index contributed by atoms with van der Waals surface area (Å²) >= 11 is 0. The van der Waals surface area contributed by atoms with E-state index in [0.29, 0.717) is 22.6 Å². The number of aromatic nitrogens is 2. The highest BCUT2D eigenvalue weighted by Gasteiger charge is 2.24. The molecule has 0 aliphatic heterocycles. The fourth-order valence-electron chi connectivity index (χ4n) is 4.70. The van der Waals surface area contributed by atoms with Crippen molar-refractivity contribution in [3.05, 3.63) is 77.9 Å². The van der Waals surface area contributed by atoms with Crippen molar-refractivity contribution in [3.63, 3.8) is 0 Å². The Balaban J connectivity index is 1.50. The molecule has 1 fully saturated rings.